The quantitative estimate of drug-likeness (QED) is 0.818. The third-order valence-corrected chi connectivity index (χ3v) is 3.45. The van der Waals surface area contributed by atoms with E-state index >= 15 is 0 Å². The van der Waals surface area contributed by atoms with Gasteiger partial charge in [0.2, 0.25) is 0 Å². The van der Waals surface area contributed by atoms with Crippen LogP contribution in [0.2, 0.25) is 0 Å². The maximum Gasteiger partial charge on any atom is 0.119 e. The van der Waals surface area contributed by atoms with E-state index in [1.165, 1.54) is 11.3 Å². The van der Waals surface area contributed by atoms with Crippen LogP contribution in [0.1, 0.15) is 12.0 Å². The number of nitrogens with two attached hydrogens (primary N) is 1. The summed E-state index contributed by atoms with van der Waals surface area (Å²) in [6.07, 6.45) is 2.19. The molecule has 0 spiro atoms. The molecule has 0 heterocycles. The summed E-state index contributed by atoms with van der Waals surface area (Å²) in [7, 11) is 3.80. The number of methoxy groups -OCH3 is 1. The first-order valence-electron chi connectivity index (χ1n) is 6.88. The number of nitrogen functional groups attached to an aromatic ring is 1. The van der Waals surface area contributed by atoms with Gasteiger partial charge in [-0.1, -0.05) is 12.1 Å². The molecule has 0 radical (unpaired) electrons. The minimum absolute atomic E-state index is 0.823. The lowest BCUT2D eigenvalue weighted by atomic mass is 10.1. The van der Waals surface area contributed by atoms with Crippen LogP contribution in [0.3, 0.4) is 0 Å². The maximum atomic E-state index is 5.68. The Morgan fingerprint density at radius 2 is 1.65 bits per heavy atom. The number of hydrogen-bond acceptors (Lipinski definition) is 3. The summed E-state index contributed by atoms with van der Waals surface area (Å²) in [5, 5.41) is 0. The van der Waals surface area contributed by atoms with E-state index in [1.807, 2.05) is 24.3 Å². The van der Waals surface area contributed by atoms with Crippen molar-refractivity contribution in [2.75, 3.05) is 31.3 Å². The molecule has 0 atom stereocenters. The van der Waals surface area contributed by atoms with Gasteiger partial charge < -0.3 is 15.4 Å². The molecule has 0 aromatic heterocycles. The van der Waals surface area contributed by atoms with Crippen molar-refractivity contribution in [1.82, 2.24) is 0 Å². The van der Waals surface area contributed by atoms with Crippen molar-refractivity contribution >= 4 is 11.4 Å². The van der Waals surface area contributed by atoms with Gasteiger partial charge in [-0.2, -0.15) is 0 Å². The Balaban J connectivity index is 1.82. The summed E-state index contributed by atoms with van der Waals surface area (Å²) in [4.78, 5) is 2.26. The lowest BCUT2D eigenvalue weighted by molar-refractivity contribution is 0.415. The lowest BCUT2D eigenvalue weighted by Crippen LogP contribution is -2.18. The molecule has 0 saturated heterocycles. The zero-order valence-corrected chi connectivity index (χ0v) is 12.2. The molecule has 0 aliphatic heterocycles. The third kappa shape index (κ3) is 3.92. The predicted molar refractivity (Wildman–Crippen MR) is 85.4 cm³/mol. The average molecular weight is 270 g/mol. The van der Waals surface area contributed by atoms with Crippen molar-refractivity contribution in [2.45, 2.75) is 12.8 Å². The molecule has 2 aromatic carbocycles. The summed E-state index contributed by atoms with van der Waals surface area (Å²) in [6.45, 7) is 1.02. The van der Waals surface area contributed by atoms with Crippen molar-refractivity contribution in [3.05, 3.63) is 54.1 Å². The number of anilines is 2. The van der Waals surface area contributed by atoms with Gasteiger partial charge in [0.15, 0.2) is 0 Å². The van der Waals surface area contributed by atoms with Crippen LogP contribution in [0.5, 0.6) is 5.75 Å². The Morgan fingerprint density at radius 3 is 2.25 bits per heavy atom. The van der Waals surface area contributed by atoms with Gasteiger partial charge in [0.05, 0.1) is 7.11 Å². The molecular formula is C17H22N2O. The Bertz CT molecular complexity index is 520. The van der Waals surface area contributed by atoms with Crippen LogP contribution >= 0.6 is 0 Å². The molecule has 0 saturated carbocycles. The van der Waals surface area contributed by atoms with Crippen LogP contribution in [-0.4, -0.2) is 20.7 Å². The molecule has 2 aromatic rings. The zero-order chi connectivity index (χ0) is 14.4. The predicted octanol–water partition coefficient (Wildman–Crippen LogP) is 3.35. The Hall–Kier alpha value is -2.16. The summed E-state index contributed by atoms with van der Waals surface area (Å²) in [5.41, 5.74) is 9.05. The molecule has 0 aliphatic rings. The molecule has 3 nitrogen and oxygen atoms in total. The van der Waals surface area contributed by atoms with E-state index in [-0.39, 0.29) is 0 Å². The van der Waals surface area contributed by atoms with E-state index in [4.69, 9.17) is 10.5 Å². The largest absolute Gasteiger partial charge is 0.497 e. The van der Waals surface area contributed by atoms with Gasteiger partial charge in [-0.25, -0.2) is 0 Å². The van der Waals surface area contributed by atoms with Gasteiger partial charge in [-0.15, -0.1) is 0 Å². The van der Waals surface area contributed by atoms with Crippen molar-refractivity contribution in [3.8, 4) is 5.75 Å². The maximum absolute atomic E-state index is 5.68. The molecule has 2 N–H and O–H groups in total. The van der Waals surface area contributed by atoms with Crippen LogP contribution in [0.15, 0.2) is 48.5 Å². The number of aryl methyl sites for hydroxylation is 1. The summed E-state index contributed by atoms with van der Waals surface area (Å²) >= 11 is 0. The highest BCUT2D eigenvalue weighted by Crippen LogP contribution is 2.18. The van der Waals surface area contributed by atoms with Crippen molar-refractivity contribution in [1.29, 1.82) is 0 Å². The van der Waals surface area contributed by atoms with Crippen LogP contribution in [0, 0.1) is 0 Å². The molecule has 0 bridgehead atoms. The third-order valence-electron chi connectivity index (χ3n) is 3.45. The second-order valence-corrected chi connectivity index (χ2v) is 4.96. The molecule has 0 amide bonds. The highest BCUT2D eigenvalue weighted by Gasteiger charge is 2.01. The second-order valence-electron chi connectivity index (χ2n) is 4.96. The Kier molecular flexibility index (Phi) is 4.88. The molecular weight excluding hydrogens is 248 g/mol. The Labute approximate surface area is 121 Å². The number of ether oxygens (including phenoxy) is 1. The van der Waals surface area contributed by atoms with E-state index in [2.05, 4.69) is 36.2 Å². The van der Waals surface area contributed by atoms with E-state index in [1.54, 1.807) is 7.11 Å². The molecule has 2 rings (SSSR count). The minimum atomic E-state index is 0.823. The van der Waals surface area contributed by atoms with Crippen LogP contribution < -0.4 is 15.4 Å². The van der Waals surface area contributed by atoms with E-state index < -0.39 is 0 Å². The summed E-state index contributed by atoms with van der Waals surface area (Å²) in [6, 6.07) is 16.3. The highest BCUT2D eigenvalue weighted by molar-refractivity contribution is 5.48. The summed E-state index contributed by atoms with van der Waals surface area (Å²) in [5.74, 6) is 0.893. The zero-order valence-electron chi connectivity index (χ0n) is 12.2. The van der Waals surface area contributed by atoms with Gasteiger partial charge in [0, 0.05) is 25.0 Å². The van der Waals surface area contributed by atoms with Crippen molar-refractivity contribution in [3.63, 3.8) is 0 Å². The van der Waals surface area contributed by atoms with E-state index in [9.17, 15) is 0 Å². The second kappa shape index (κ2) is 6.85. The van der Waals surface area contributed by atoms with Gasteiger partial charge in [0.25, 0.3) is 0 Å². The first kappa shape index (κ1) is 14.3. The number of rotatable bonds is 6. The van der Waals surface area contributed by atoms with Crippen LogP contribution in [0.25, 0.3) is 0 Å². The van der Waals surface area contributed by atoms with Crippen LogP contribution in [0.4, 0.5) is 11.4 Å². The first-order valence-corrected chi connectivity index (χ1v) is 6.88. The number of hydrogen-bond donors (Lipinski definition) is 1. The fraction of sp³-hybridized carbons (Fsp3) is 0.294. The normalized spacial score (nSPS) is 10.3. The van der Waals surface area contributed by atoms with Gasteiger partial charge in [0.1, 0.15) is 5.75 Å². The van der Waals surface area contributed by atoms with E-state index in [0.29, 0.717) is 0 Å². The van der Waals surface area contributed by atoms with Crippen molar-refractivity contribution < 1.29 is 4.74 Å². The minimum Gasteiger partial charge on any atom is -0.497 e. The van der Waals surface area contributed by atoms with Crippen molar-refractivity contribution in [2.24, 2.45) is 0 Å². The molecule has 0 fully saturated rings. The lowest BCUT2D eigenvalue weighted by Gasteiger charge is -2.19. The van der Waals surface area contributed by atoms with Gasteiger partial charge in [-0.05, 0) is 54.8 Å². The summed E-state index contributed by atoms with van der Waals surface area (Å²) < 4.78 is 5.17. The SMILES string of the molecule is COc1ccc(N(C)CCCc2ccc(N)cc2)cc1. The molecule has 0 unspecified atom stereocenters. The monoisotopic (exact) mass is 270 g/mol. The highest BCUT2D eigenvalue weighted by atomic mass is 16.5. The molecule has 0 aliphatic carbocycles. The fourth-order valence-corrected chi connectivity index (χ4v) is 2.17. The first-order chi connectivity index (χ1) is 9.69. The standard InChI is InChI=1S/C17H22N2O/c1-19(16-9-11-17(20-2)12-10-16)13-3-4-14-5-7-15(18)8-6-14/h5-12H,3-4,13,18H2,1-2H3. The van der Waals surface area contributed by atoms with Crippen LogP contribution in [-0.2, 0) is 6.42 Å². The number of nitrogens with zero attached hydrogens (tertiary/aromatic N) is 1. The van der Waals surface area contributed by atoms with Gasteiger partial charge in [-0.3, -0.25) is 0 Å². The molecule has 3 heteroatoms. The topological polar surface area (TPSA) is 38.5 Å². The number of benzene rings is 2. The molecule has 20 heavy (non-hydrogen) atoms. The van der Waals surface area contributed by atoms with E-state index in [0.717, 1.165) is 30.8 Å². The molecule has 106 valence electrons. The van der Waals surface area contributed by atoms with Gasteiger partial charge >= 0.3 is 0 Å². The Morgan fingerprint density at radius 1 is 1.00 bits per heavy atom. The fourth-order valence-electron chi connectivity index (χ4n) is 2.17. The average Bonchev–Trinajstić information content (AvgIpc) is 2.49. The smallest absolute Gasteiger partial charge is 0.119 e.